The zero-order valence-corrected chi connectivity index (χ0v) is 17.0. The van der Waals surface area contributed by atoms with Crippen molar-refractivity contribution in [3.8, 4) is 0 Å². The van der Waals surface area contributed by atoms with Crippen LogP contribution in [0.3, 0.4) is 0 Å². The van der Waals surface area contributed by atoms with Gasteiger partial charge in [-0.15, -0.1) is 10.2 Å². The van der Waals surface area contributed by atoms with Crippen LogP contribution in [0.1, 0.15) is 33.3 Å². The molecule has 2 aromatic rings. The van der Waals surface area contributed by atoms with Crippen LogP contribution in [0, 0.1) is 6.92 Å². The highest BCUT2D eigenvalue weighted by atomic mass is 32.2. The van der Waals surface area contributed by atoms with Crippen molar-refractivity contribution in [1.29, 1.82) is 0 Å². The standard InChI is InChI=1S/C19H27N5OS/c1-13(2)24(14(3)4)17(25)12-26-19-21-20-18-22(10-11-23(18)19)16-8-6-15(5)7-9-16/h6-9,13-14H,10-12H2,1-5H3. The minimum Gasteiger partial charge on any atom is -0.337 e. The van der Waals surface area contributed by atoms with Crippen LogP contribution in [-0.2, 0) is 11.3 Å². The molecule has 0 saturated carbocycles. The molecule has 1 aliphatic rings. The Morgan fingerprint density at radius 2 is 1.77 bits per heavy atom. The van der Waals surface area contributed by atoms with Gasteiger partial charge < -0.3 is 9.80 Å². The molecule has 0 atom stereocenters. The number of thioether (sulfide) groups is 1. The summed E-state index contributed by atoms with van der Waals surface area (Å²) in [6.45, 7) is 12.0. The summed E-state index contributed by atoms with van der Waals surface area (Å²) < 4.78 is 2.10. The normalized spacial score (nSPS) is 13.6. The molecule has 0 saturated heterocycles. The Bertz CT molecular complexity index is 761. The van der Waals surface area contributed by atoms with Gasteiger partial charge in [-0.1, -0.05) is 29.5 Å². The number of aromatic nitrogens is 3. The van der Waals surface area contributed by atoms with Gasteiger partial charge in [0.25, 0.3) is 0 Å². The maximum absolute atomic E-state index is 12.6. The van der Waals surface area contributed by atoms with Crippen LogP contribution in [0.4, 0.5) is 11.6 Å². The second-order valence-electron chi connectivity index (χ2n) is 7.20. The first-order chi connectivity index (χ1) is 12.4. The summed E-state index contributed by atoms with van der Waals surface area (Å²) in [6.07, 6.45) is 0. The van der Waals surface area contributed by atoms with Crippen LogP contribution in [0.5, 0.6) is 0 Å². The average molecular weight is 374 g/mol. The number of nitrogens with zero attached hydrogens (tertiary/aromatic N) is 5. The Kier molecular flexibility index (Phi) is 5.55. The molecule has 2 heterocycles. The minimum atomic E-state index is 0.144. The Hall–Kier alpha value is -2.02. The molecule has 6 nitrogen and oxygen atoms in total. The molecule has 140 valence electrons. The lowest BCUT2D eigenvalue weighted by molar-refractivity contribution is -0.131. The molecule has 1 amide bonds. The highest BCUT2D eigenvalue weighted by molar-refractivity contribution is 7.99. The summed E-state index contributed by atoms with van der Waals surface area (Å²) in [5.41, 5.74) is 2.36. The van der Waals surface area contributed by atoms with Crippen LogP contribution >= 0.6 is 11.8 Å². The Balaban J connectivity index is 1.70. The van der Waals surface area contributed by atoms with Crippen molar-refractivity contribution < 1.29 is 4.79 Å². The van der Waals surface area contributed by atoms with Crippen LogP contribution in [-0.4, -0.2) is 50.0 Å². The van der Waals surface area contributed by atoms with Crippen molar-refractivity contribution in [1.82, 2.24) is 19.7 Å². The fraction of sp³-hybridized carbons (Fsp3) is 0.526. The lowest BCUT2D eigenvalue weighted by Gasteiger charge is -2.30. The zero-order valence-electron chi connectivity index (χ0n) is 16.1. The summed E-state index contributed by atoms with van der Waals surface area (Å²) in [5, 5.41) is 9.49. The van der Waals surface area contributed by atoms with Crippen molar-refractivity contribution >= 4 is 29.3 Å². The number of amides is 1. The molecule has 1 aromatic heterocycles. The van der Waals surface area contributed by atoms with E-state index in [1.807, 2.05) is 4.90 Å². The Morgan fingerprint density at radius 3 is 2.38 bits per heavy atom. The lowest BCUT2D eigenvalue weighted by atomic mass is 10.2. The molecule has 0 N–H and O–H groups in total. The van der Waals surface area contributed by atoms with Crippen molar-refractivity contribution in [2.45, 2.75) is 58.4 Å². The number of fused-ring (bicyclic) bond motifs is 1. The summed E-state index contributed by atoms with van der Waals surface area (Å²) in [4.78, 5) is 16.7. The van der Waals surface area contributed by atoms with E-state index >= 15 is 0 Å². The third-order valence-electron chi connectivity index (χ3n) is 4.56. The molecule has 1 aliphatic heterocycles. The van der Waals surface area contributed by atoms with E-state index in [1.54, 1.807) is 0 Å². The molecule has 0 bridgehead atoms. The highest BCUT2D eigenvalue weighted by Gasteiger charge is 2.27. The van der Waals surface area contributed by atoms with Crippen LogP contribution in [0.25, 0.3) is 0 Å². The van der Waals surface area contributed by atoms with E-state index in [2.05, 4.69) is 78.5 Å². The summed E-state index contributed by atoms with van der Waals surface area (Å²) in [5.74, 6) is 1.39. The molecule has 0 radical (unpaired) electrons. The van der Waals surface area contributed by atoms with Gasteiger partial charge in [0.1, 0.15) is 0 Å². The Labute approximate surface area is 159 Å². The predicted octanol–water partition coefficient (Wildman–Crippen LogP) is 3.48. The first kappa shape index (κ1) is 18.8. The van der Waals surface area contributed by atoms with Gasteiger partial charge in [0.15, 0.2) is 5.16 Å². The lowest BCUT2D eigenvalue weighted by Crippen LogP contribution is -2.43. The van der Waals surface area contributed by atoms with Crippen molar-refractivity contribution in [2.24, 2.45) is 0 Å². The smallest absolute Gasteiger partial charge is 0.233 e. The first-order valence-corrected chi connectivity index (χ1v) is 10.1. The van der Waals surface area contributed by atoms with Crippen molar-refractivity contribution in [3.63, 3.8) is 0 Å². The fourth-order valence-corrected chi connectivity index (χ4v) is 4.25. The first-order valence-electron chi connectivity index (χ1n) is 9.10. The van der Waals surface area contributed by atoms with E-state index in [9.17, 15) is 4.79 Å². The average Bonchev–Trinajstić information content (AvgIpc) is 3.15. The van der Waals surface area contributed by atoms with E-state index in [-0.39, 0.29) is 18.0 Å². The SMILES string of the molecule is Cc1ccc(N2CCn3c(SCC(=O)N(C(C)C)C(C)C)nnc32)cc1. The Morgan fingerprint density at radius 1 is 1.12 bits per heavy atom. The molecule has 1 aromatic carbocycles. The predicted molar refractivity (Wildman–Crippen MR) is 106 cm³/mol. The van der Waals surface area contributed by atoms with Crippen molar-refractivity contribution in [2.75, 3.05) is 17.2 Å². The second-order valence-corrected chi connectivity index (χ2v) is 8.14. The van der Waals surface area contributed by atoms with Gasteiger partial charge >= 0.3 is 0 Å². The molecule has 0 fully saturated rings. The second kappa shape index (κ2) is 7.70. The van der Waals surface area contributed by atoms with Gasteiger partial charge in [0.2, 0.25) is 11.9 Å². The largest absolute Gasteiger partial charge is 0.337 e. The number of carbonyl (C=O) groups is 1. The molecule has 26 heavy (non-hydrogen) atoms. The number of benzene rings is 1. The maximum atomic E-state index is 12.6. The topological polar surface area (TPSA) is 54.3 Å². The monoisotopic (exact) mass is 373 g/mol. The van der Waals surface area contributed by atoms with Crippen LogP contribution in [0.15, 0.2) is 29.4 Å². The molecular formula is C19H27N5OS. The van der Waals surface area contributed by atoms with E-state index in [0.717, 1.165) is 29.9 Å². The molecule has 0 spiro atoms. The van der Waals surface area contributed by atoms with Crippen LogP contribution < -0.4 is 4.90 Å². The van der Waals surface area contributed by atoms with Gasteiger partial charge in [0, 0.05) is 30.9 Å². The van der Waals surface area contributed by atoms with E-state index < -0.39 is 0 Å². The fourth-order valence-electron chi connectivity index (χ4n) is 3.43. The number of aryl methyl sites for hydroxylation is 1. The molecule has 3 rings (SSSR count). The van der Waals surface area contributed by atoms with Gasteiger partial charge in [-0.3, -0.25) is 9.36 Å². The van der Waals surface area contributed by atoms with Gasteiger partial charge in [-0.05, 0) is 46.8 Å². The third-order valence-corrected chi connectivity index (χ3v) is 5.51. The molecule has 0 aliphatic carbocycles. The summed E-state index contributed by atoms with van der Waals surface area (Å²) >= 11 is 1.47. The van der Waals surface area contributed by atoms with Crippen LogP contribution in [0.2, 0.25) is 0 Å². The van der Waals surface area contributed by atoms with E-state index in [1.165, 1.54) is 17.3 Å². The number of carbonyl (C=O) groups excluding carboxylic acids is 1. The minimum absolute atomic E-state index is 0.144. The van der Waals surface area contributed by atoms with Crippen molar-refractivity contribution in [3.05, 3.63) is 29.8 Å². The summed E-state index contributed by atoms with van der Waals surface area (Å²) in [7, 11) is 0. The number of hydrogen-bond donors (Lipinski definition) is 0. The van der Waals surface area contributed by atoms with Gasteiger partial charge in [-0.25, -0.2) is 0 Å². The van der Waals surface area contributed by atoms with E-state index in [0.29, 0.717) is 5.75 Å². The van der Waals surface area contributed by atoms with Gasteiger partial charge in [0.05, 0.1) is 5.75 Å². The molecule has 0 unspecified atom stereocenters. The van der Waals surface area contributed by atoms with Gasteiger partial charge in [-0.2, -0.15) is 0 Å². The number of anilines is 2. The third kappa shape index (κ3) is 3.72. The maximum Gasteiger partial charge on any atom is 0.233 e. The summed E-state index contributed by atoms with van der Waals surface area (Å²) in [6, 6.07) is 8.83. The number of rotatable bonds is 6. The van der Waals surface area contributed by atoms with E-state index in [4.69, 9.17) is 0 Å². The highest BCUT2D eigenvalue weighted by Crippen LogP contribution is 2.32. The molecule has 7 heteroatoms. The number of hydrogen-bond acceptors (Lipinski definition) is 5. The molecular weight excluding hydrogens is 346 g/mol. The quantitative estimate of drug-likeness (QED) is 0.726. The zero-order chi connectivity index (χ0) is 18.8.